The Labute approximate surface area is 266 Å². The van der Waals surface area contributed by atoms with E-state index in [4.69, 9.17) is 23.2 Å². The first kappa shape index (κ1) is 31.2. The molecule has 2 aromatic heterocycles. The summed E-state index contributed by atoms with van der Waals surface area (Å²) in [6, 6.07) is 19.3. The fourth-order valence-electron chi connectivity index (χ4n) is 5.15. The van der Waals surface area contributed by atoms with Crippen molar-refractivity contribution in [2.45, 2.75) is 39.0 Å². The fraction of sp³-hybridized carbons (Fsp3) is 0.303. The van der Waals surface area contributed by atoms with Crippen LogP contribution in [0.2, 0.25) is 10.0 Å². The highest BCUT2D eigenvalue weighted by Gasteiger charge is 2.27. The van der Waals surface area contributed by atoms with E-state index < -0.39 is 5.91 Å². The summed E-state index contributed by atoms with van der Waals surface area (Å²) in [6.45, 7) is 3.93. The van der Waals surface area contributed by atoms with Gasteiger partial charge in [0.1, 0.15) is 5.82 Å². The molecule has 9 nitrogen and oxygen atoms in total. The molecule has 44 heavy (non-hydrogen) atoms. The van der Waals surface area contributed by atoms with Crippen LogP contribution < -0.4 is 5.32 Å². The quantitative estimate of drug-likeness (QED) is 0.195. The molecule has 228 valence electrons. The van der Waals surface area contributed by atoms with Crippen LogP contribution in [0.1, 0.15) is 59.9 Å². The van der Waals surface area contributed by atoms with E-state index in [1.165, 1.54) is 10.7 Å². The van der Waals surface area contributed by atoms with Crippen molar-refractivity contribution in [1.29, 1.82) is 0 Å². The minimum atomic E-state index is -0.494. The molecule has 4 aromatic rings. The summed E-state index contributed by atoms with van der Waals surface area (Å²) < 4.78 is 1.52. The highest BCUT2D eigenvalue weighted by atomic mass is 35.5. The van der Waals surface area contributed by atoms with Crippen molar-refractivity contribution in [3.8, 4) is 16.9 Å². The SMILES string of the molecule is CCCCCCC(=O)N1CCN(C(=O)c2cc(NC(=O)c3cc(-c4ccccn4)c(Cl)cc3Cl)n(-c3ccccc3)n2)CC1. The lowest BCUT2D eigenvalue weighted by atomic mass is 10.1. The normalized spacial score (nSPS) is 13.2. The van der Waals surface area contributed by atoms with E-state index in [1.807, 2.05) is 41.3 Å². The number of carbonyl (C=O) groups is 3. The van der Waals surface area contributed by atoms with E-state index in [-0.39, 0.29) is 28.1 Å². The minimum absolute atomic E-state index is 0.138. The van der Waals surface area contributed by atoms with Crippen LogP contribution in [0.15, 0.2) is 72.9 Å². The Kier molecular flexibility index (Phi) is 10.3. The second-order valence-electron chi connectivity index (χ2n) is 10.6. The highest BCUT2D eigenvalue weighted by Crippen LogP contribution is 2.32. The number of benzene rings is 2. The van der Waals surface area contributed by atoms with Gasteiger partial charge in [-0.2, -0.15) is 5.10 Å². The summed E-state index contributed by atoms with van der Waals surface area (Å²) in [7, 11) is 0. The van der Waals surface area contributed by atoms with Crippen molar-refractivity contribution in [3.63, 3.8) is 0 Å². The van der Waals surface area contributed by atoms with Crippen molar-refractivity contribution in [2.75, 3.05) is 31.5 Å². The Morgan fingerprint density at radius 3 is 2.27 bits per heavy atom. The van der Waals surface area contributed by atoms with E-state index in [0.717, 1.165) is 25.7 Å². The van der Waals surface area contributed by atoms with E-state index >= 15 is 0 Å². The molecule has 1 aliphatic heterocycles. The van der Waals surface area contributed by atoms with Gasteiger partial charge in [0.2, 0.25) is 5.91 Å². The predicted molar refractivity (Wildman–Crippen MR) is 172 cm³/mol. The number of unbranched alkanes of at least 4 members (excludes halogenated alkanes) is 3. The molecule has 1 aliphatic rings. The molecule has 0 bridgehead atoms. The van der Waals surface area contributed by atoms with Gasteiger partial charge >= 0.3 is 0 Å². The van der Waals surface area contributed by atoms with Crippen molar-refractivity contribution < 1.29 is 14.4 Å². The van der Waals surface area contributed by atoms with Crippen LogP contribution in [-0.2, 0) is 4.79 Å². The van der Waals surface area contributed by atoms with E-state index in [0.29, 0.717) is 60.4 Å². The van der Waals surface area contributed by atoms with Gasteiger partial charge in [-0.15, -0.1) is 0 Å². The van der Waals surface area contributed by atoms with Gasteiger partial charge in [0.15, 0.2) is 5.69 Å². The van der Waals surface area contributed by atoms with Crippen LogP contribution in [0.5, 0.6) is 0 Å². The average molecular weight is 634 g/mol. The Morgan fingerprint density at radius 2 is 1.57 bits per heavy atom. The number of hydrogen-bond acceptors (Lipinski definition) is 5. The molecular formula is C33H34Cl2N6O3. The number of nitrogens with zero attached hydrogens (tertiary/aromatic N) is 5. The maximum absolute atomic E-state index is 13.6. The van der Waals surface area contributed by atoms with Crippen molar-refractivity contribution >= 4 is 46.7 Å². The molecule has 3 heterocycles. The van der Waals surface area contributed by atoms with Crippen LogP contribution in [-0.4, -0.2) is 68.5 Å². The molecule has 0 radical (unpaired) electrons. The molecule has 5 rings (SSSR count). The van der Waals surface area contributed by atoms with Crippen LogP contribution in [0.3, 0.4) is 0 Å². The number of aromatic nitrogens is 3. The molecular weight excluding hydrogens is 599 g/mol. The Bertz CT molecular complexity index is 1620. The van der Waals surface area contributed by atoms with E-state index in [1.54, 1.807) is 35.4 Å². The second-order valence-corrected chi connectivity index (χ2v) is 11.4. The molecule has 11 heteroatoms. The topological polar surface area (TPSA) is 100 Å². The average Bonchev–Trinajstić information content (AvgIpc) is 3.47. The minimum Gasteiger partial charge on any atom is -0.339 e. The van der Waals surface area contributed by atoms with E-state index in [2.05, 4.69) is 22.3 Å². The van der Waals surface area contributed by atoms with Gasteiger partial charge in [0, 0.05) is 50.4 Å². The Morgan fingerprint density at radius 1 is 0.841 bits per heavy atom. The zero-order chi connectivity index (χ0) is 31.1. The number of rotatable bonds is 10. The Hall–Kier alpha value is -4.21. The summed E-state index contributed by atoms with van der Waals surface area (Å²) in [6.07, 6.45) is 6.39. The fourth-order valence-corrected chi connectivity index (χ4v) is 5.71. The van der Waals surface area contributed by atoms with Crippen molar-refractivity contribution in [2.24, 2.45) is 0 Å². The van der Waals surface area contributed by atoms with Gasteiger partial charge in [-0.1, -0.05) is 73.7 Å². The predicted octanol–water partition coefficient (Wildman–Crippen LogP) is 6.75. The summed E-state index contributed by atoms with van der Waals surface area (Å²) in [5.74, 6) is -0.326. The smallest absolute Gasteiger partial charge is 0.274 e. The summed E-state index contributed by atoms with van der Waals surface area (Å²) in [5, 5.41) is 8.00. The monoisotopic (exact) mass is 632 g/mol. The first-order valence-electron chi connectivity index (χ1n) is 14.8. The zero-order valence-electron chi connectivity index (χ0n) is 24.5. The van der Waals surface area contributed by atoms with Crippen LogP contribution in [0, 0.1) is 0 Å². The van der Waals surface area contributed by atoms with Crippen LogP contribution >= 0.6 is 23.2 Å². The highest BCUT2D eigenvalue weighted by molar-refractivity contribution is 6.38. The first-order chi connectivity index (χ1) is 21.4. The molecule has 0 aliphatic carbocycles. The molecule has 0 saturated carbocycles. The molecule has 1 fully saturated rings. The lowest BCUT2D eigenvalue weighted by Gasteiger charge is -2.34. The molecule has 1 saturated heterocycles. The number of para-hydroxylation sites is 1. The number of amides is 3. The van der Waals surface area contributed by atoms with E-state index in [9.17, 15) is 14.4 Å². The largest absolute Gasteiger partial charge is 0.339 e. The van der Waals surface area contributed by atoms with Gasteiger partial charge in [0.05, 0.1) is 27.0 Å². The zero-order valence-corrected chi connectivity index (χ0v) is 26.0. The number of hydrogen-bond donors (Lipinski definition) is 1. The van der Waals surface area contributed by atoms with Crippen molar-refractivity contribution in [1.82, 2.24) is 24.6 Å². The Balaban J connectivity index is 1.34. The third kappa shape index (κ3) is 7.29. The number of pyridine rings is 1. The summed E-state index contributed by atoms with van der Waals surface area (Å²) in [5.41, 5.74) is 2.20. The second kappa shape index (κ2) is 14.5. The van der Waals surface area contributed by atoms with Gasteiger partial charge < -0.3 is 15.1 Å². The van der Waals surface area contributed by atoms with Crippen LogP contribution in [0.25, 0.3) is 16.9 Å². The maximum atomic E-state index is 13.6. The molecule has 2 aromatic carbocycles. The van der Waals surface area contributed by atoms with Crippen LogP contribution in [0.4, 0.5) is 5.82 Å². The molecule has 0 spiro atoms. The van der Waals surface area contributed by atoms with Gasteiger partial charge in [-0.25, -0.2) is 4.68 Å². The molecule has 1 N–H and O–H groups in total. The first-order valence-corrected chi connectivity index (χ1v) is 15.6. The molecule has 0 atom stereocenters. The number of halogens is 2. The third-order valence-corrected chi connectivity index (χ3v) is 8.20. The number of piperazine rings is 1. The van der Waals surface area contributed by atoms with Gasteiger partial charge in [0.25, 0.3) is 11.8 Å². The van der Waals surface area contributed by atoms with Gasteiger partial charge in [-0.3, -0.25) is 19.4 Å². The van der Waals surface area contributed by atoms with Gasteiger partial charge in [-0.05, 0) is 42.8 Å². The lowest BCUT2D eigenvalue weighted by molar-refractivity contribution is -0.132. The third-order valence-electron chi connectivity index (χ3n) is 7.58. The molecule has 0 unspecified atom stereocenters. The summed E-state index contributed by atoms with van der Waals surface area (Å²) in [4.78, 5) is 47.6. The number of nitrogens with one attached hydrogen (secondary N) is 1. The summed E-state index contributed by atoms with van der Waals surface area (Å²) >= 11 is 12.9. The number of carbonyl (C=O) groups excluding carboxylic acids is 3. The lowest BCUT2D eigenvalue weighted by Crippen LogP contribution is -2.50. The van der Waals surface area contributed by atoms with Crippen molar-refractivity contribution in [3.05, 3.63) is 94.2 Å². The number of anilines is 1. The maximum Gasteiger partial charge on any atom is 0.274 e. The molecule has 3 amide bonds. The standard InChI is InChI=1S/C33H34Cl2N6O3/c1-2-3-4-8-14-31(42)39-16-18-40(19-17-39)33(44)29-22-30(41(38-29)23-11-6-5-7-12-23)37-32(43)25-20-24(26(34)21-27(25)35)28-13-9-10-15-36-28/h5-7,9-13,15,20-22H,2-4,8,14,16-19H2,1H3,(H,37,43).